The fourth-order valence-electron chi connectivity index (χ4n) is 1.49. The lowest BCUT2D eigenvalue weighted by Gasteiger charge is -2.31. The summed E-state index contributed by atoms with van der Waals surface area (Å²) in [4.78, 5) is 2.29. The van der Waals surface area contributed by atoms with E-state index in [2.05, 4.69) is 37.1 Å². The Labute approximate surface area is 142 Å². The smallest absolute Gasteiger partial charge is 0.374 e. The van der Waals surface area contributed by atoms with E-state index in [-0.39, 0.29) is 0 Å². The molecule has 4 nitrogen and oxygen atoms in total. The molecule has 1 aliphatic rings. The SMILES string of the molecule is CCN1C=CC=C(C)C1.O=S(=O)(O)C(F)(F)C(F)(F)C(F)(F)C(F)(F)F. The highest BCUT2D eigenvalue weighted by molar-refractivity contribution is 7.87. The zero-order valence-corrected chi connectivity index (χ0v) is 14.0. The molecule has 0 aromatic carbocycles. The summed E-state index contributed by atoms with van der Waals surface area (Å²) in [6.45, 7) is 6.55. The number of likely N-dealkylation sites (N-methyl/N-ethyl adjacent to an activating group) is 1. The molecular formula is C12H14F9NO3S. The zero-order valence-electron chi connectivity index (χ0n) is 13.2. The fourth-order valence-corrected chi connectivity index (χ4v) is 1.95. The molecule has 0 fully saturated rings. The molecule has 1 rings (SSSR count). The summed E-state index contributed by atoms with van der Waals surface area (Å²) in [6, 6.07) is 0. The largest absolute Gasteiger partial charge is 0.460 e. The van der Waals surface area contributed by atoms with Crippen molar-refractivity contribution in [3.63, 3.8) is 0 Å². The number of alkyl halides is 9. The summed E-state index contributed by atoms with van der Waals surface area (Å²) in [5.74, 6) is -14.7. The molecule has 0 saturated carbocycles. The minimum Gasteiger partial charge on any atom is -0.374 e. The van der Waals surface area contributed by atoms with Crippen LogP contribution in [-0.2, 0) is 10.1 Å². The van der Waals surface area contributed by atoms with Gasteiger partial charge < -0.3 is 4.90 Å². The van der Waals surface area contributed by atoms with Crippen LogP contribution in [0.15, 0.2) is 23.9 Å². The van der Waals surface area contributed by atoms with Crippen LogP contribution in [0.1, 0.15) is 13.8 Å². The van der Waals surface area contributed by atoms with Crippen molar-refractivity contribution in [2.24, 2.45) is 0 Å². The predicted molar refractivity (Wildman–Crippen MR) is 72.6 cm³/mol. The average Bonchev–Trinajstić information content (AvgIpc) is 2.45. The van der Waals surface area contributed by atoms with E-state index in [4.69, 9.17) is 4.55 Å². The number of hydrogen-bond donors (Lipinski definition) is 1. The Morgan fingerprint density at radius 1 is 1.04 bits per heavy atom. The van der Waals surface area contributed by atoms with Crippen molar-refractivity contribution in [2.45, 2.75) is 37.1 Å². The highest BCUT2D eigenvalue weighted by Crippen LogP contribution is 2.54. The molecule has 1 heterocycles. The zero-order chi connectivity index (χ0) is 21.2. The molecule has 154 valence electrons. The molecule has 0 bridgehead atoms. The van der Waals surface area contributed by atoms with Crippen LogP contribution in [0.4, 0.5) is 39.5 Å². The maximum atomic E-state index is 12.2. The van der Waals surface area contributed by atoms with Gasteiger partial charge in [0.25, 0.3) is 0 Å². The summed E-state index contributed by atoms with van der Waals surface area (Å²) in [6.07, 6.45) is -0.744. The van der Waals surface area contributed by atoms with Gasteiger partial charge in [0.05, 0.1) is 0 Å². The van der Waals surface area contributed by atoms with E-state index in [1.807, 2.05) is 0 Å². The van der Waals surface area contributed by atoms with Gasteiger partial charge in [0.1, 0.15) is 0 Å². The summed E-state index contributed by atoms with van der Waals surface area (Å²) in [5.41, 5.74) is 1.44. The topological polar surface area (TPSA) is 57.6 Å². The second kappa shape index (κ2) is 7.66. The third-order valence-corrected chi connectivity index (χ3v) is 3.88. The maximum Gasteiger partial charge on any atom is 0.460 e. The van der Waals surface area contributed by atoms with Crippen LogP contribution in [0.3, 0.4) is 0 Å². The van der Waals surface area contributed by atoms with Gasteiger partial charge >= 0.3 is 33.4 Å². The van der Waals surface area contributed by atoms with Gasteiger partial charge in [-0.2, -0.15) is 47.9 Å². The van der Waals surface area contributed by atoms with Gasteiger partial charge in [-0.3, -0.25) is 4.55 Å². The summed E-state index contributed by atoms with van der Waals surface area (Å²) in [5, 5.41) is -7.00. The van der Waals surface area contributed by atoms with Crippen molar-refractivity contribution >= 4 is 10.1 Å². The Bertz CT molecular complexity index is 653. The van der Waals surface area contributed by atoms with E-state index in [1.165, 1.54) is 5.57 Å². The van der Waals surface area contributed by atoms with Gasteiger partial charge in [-0.25, -0.2) is 0 Å². The lowest BCUT2D eigenvalue weighted by atomic mass is 10.1. The van der Waals surface area contributed by atoms with Crippen LogP contribution in [-0.4, -0.2) is 54.2 Å². The number of halogens is 9. The second-order valence-corrected chi connectivity index (χ2v) is 6.52. The molecule has 26 heavy (non-hydrogen) atoms. The highest BCUT2D eigenvalue weighted by Gasteiger charge is 2.85. The first kappa shape index (κ1) is 24.6. The van der Waals surface area contributed by atoms with Crippen molar-refractivity contribution in [3.8, 4) is 0 Å². The lowest BCUT2D eigenvalue weighted by Crippen LogP contribution is -2.63. The molecular weight excluding hydrogens is 409 g/mol. The summed E-state index contributed by atoms with van der Waals surface area (Å²) in [7, 11) is -7.17. The average molecular weight is 423 g/mol. The van der Waals surface area contributed by atoms with Crippen LogP contribution in [0.25, 0.3) is 0 Å². The van der Waals surface area contributed by atoms with Crippen molar-refractivity contribution < 1.29 is 52.5 Å². The van der Waals surface area contributed by atoms with Gasteiger partial charge in [0.2, 0.25) is 0 Å². The van der Waals surface area contributed by atoms with Crippen molar-refractivity contribution in [2.75, 3.05) is 13.1 Å². The van der Waals surface area contributed by atoms with Crippen molar-refractivity contribution in [3.05, 3.63) is 23.9 Å². The molecule has 0 aliphatic carbocycles. The van der Waals surface area contributed by atoms with Crippen LogP contribution in [0.2, 0.25) is 0 Å². The quantitative estimate of drug-likeness (QED) is 0.547. The van der Waals surface area contributed by atoms with E-state index in [1.54, 1.807) is 0 Å². The standard InChI is InChI=1S/C8H13N.C4HF9O3S/c1-3-9-6-4-5-8(2)7-9;5-1(6,3(9,10)11)2(7,8)4(12,13)17(14,15)16/h4-6H,3,7H2,1-2H3;(H,14,15,16). The molecule has 0 aromatic heterocycles. The van der Waals surface area contributed by atoms with Crippen molar-refractivity contribution in [1.82, 2.24) is 4.90 Å². The van der Waals surface area contributed by atoms with Crippen molar-refractivity contribution in [1.29, 1.82) is 0 Å². The number of hydrogen-bond acceptors (Lipinski definition) is 3. The number of allylic oxidation sites excluding steroid dienone is 2. The Kier molecular flexibility index (Phi) is 7.24. The molecule has 14 heteroatoms. The van der Waals surface area contributed by atoms with E-state index < -0.39 is 33.4 Å². The molecule has 1 aliphatic heterocycles. The Hall–Kier alpha value is -1.44. The molecule has 0 aromatic rings. The molecule has 0 atom stereocenters. The van der Waals surface area contributed by atoms with Gasteiger partial charge in [0, 0.05) is 13.1 Å². The van der Waals surface area contributed by atoms with Crippen LogP contribution >= 0.6 is 0 Å². The first-order valence-corrected chi connectivity index (χ1v) is 8.02. The minimum atomic E-state index is -7.37. The van der Waals surface area contributed by atoms with E-state index in [0.717, 1.165) is 13.1 Å². The Morgan fingerprint density at radius 2 is 1.50 bits per heavy atom. The van der Waals surface area contributed by atoms with Gasteiger partial charge in [-0.05, 0) is 26.1 Å². The third kappa shape index (κ3) is 4.84. The van der Waals surface area contributed by atoms with Gasteiger partial charge in [-0.15, -0.1) is 0 Å². The normalized spacial score (nSPS) is 16.8. The van der Waals surface area contributed by atoms with Crippen LogP contribution in [0.5, 0.6) is 0 Å². The molecule has 0 amide bonds. The Morgan fingerprint density at radius 3 is 1.77 bits per heavy atom. The van der Waals surface area contributed by atoms with Gasteiger partial charge in [0.15, 0.2) is 0 Å². The van der Waals surface area contributed by atoms with Gasteiger partial charge in [-0.1, -0.05) is 11.6 Å². The lowest BCUT2D eigenvalue weighted by molar-refractivity contribution is -0.382. The first-order valence-electron chi connectivity index (χ1n) is 6.58. The van der Waals surface area contributed by atoms with E-state index in [0.29, 0.717) is 0 Å². The predicted octanol–water partition coefficient (Wildman–Crippen LogP) is 4.08. The van der Waals surface area contributed by atoms with Crippen LogP contribution in [0, 0.1) is 0 Å². The van der Waals surface area contributed by atoms with Crippen LogP contribution < -0.4 is 0 Å². The monoisotopic (exact) mass is 423 g/mol. The minimum absolute atomic E-state index is 1.10. The number of nitrogens with zero attached hydrogens (tertiary/aromatic N) is 1. The molecule has 0 radical (unpaired) electrons. The third-order valence-electron chi connectivity index (χ3n) is 2.98. The van der Waals surface area contributed by atoms with E-state index >= 15 is 0 Å². The summed E-state index contributed by atoms with van der Waals surface area (Å²) >= 11 is 0. The number of rotatable bonds is 4. The molecule has 1 N–H and O–H groups in total. The highest BCUT2D eigenvalue weighted by atomic mass is 32.2. The second-order valence-electron chi connectivity index (χ2n) is 5.06. The van der Waals surface area contributed by atoms with E-state index in [9.17, 15) is 47.9 Å². The molecule has 0 spiro atoms. The molecule has 0 saturated heterocycles. The Balaban J connectivity index is 0.000000577. The fraction of sp³-hybridized carbons (Fsp3) is 0.667. The first-order chi connectivity index (χ1) is 11.3. The summed E-state index contributed by atoms with van der Waals surface area (Å²) < 4.78 is 134. The molecule has 0 unspecified atom stereocenters. The maximum absolute atomic E-state index is 12.2.